The molecule has 10 heteroatoms. The summed E-state index contributed by atoms with van der Waals surface area (Å²) in [5, 5.41) is 0. The predicted molar refractivity (Wildman–Crippen MR) is 120 cm³/mol. The van der Waals surface area contributed by atoms with Gasteiger partial charge in [-0.1, -0.05) is 26.0 Å². The van der Waals surface area contributed by atoms with E-state index in [1.54, 1.807) is 33.1 Å². The van der Waals surface area contributed by atoms with Crippen molar-refractivity contribution in [1.29, 1.82) is 0 Å². The number of benzene rings is 2. The van der Waals surface area contributed by atoms with Gasteiger partial charge in [0.15, 0.2) is 11.5 Å². The zero-order valence-electron chi connectivity index (χ0n) is 18.7. The number of hydrogen-bond acceptors (Lipinski definition) is 6. The predicted octanol–water partition coefficient (Wildman–Crippen LogP) is 2.13. The van der Waals surface area contributed by atoms with E-state index in [9.17, 15) is 18.0 Å². The average molecular weight is 464 g/mol. The molecule has 174 valence electrons. The molecule has 0 saturated heterocycles. The molecule has 0 saturated carbocycles. The number of nitrogens with one attached hydrogen (secondary N) is 2. The zero-order valence-corrected chi connectivity index (χ0v) is 19.5. The first-order valence-electron chi connectivity index (χ1n) is 10.2. The number of nitrogens with zero attached hydrogens (tertiary/aromatic N) is 1. The maximum absolute atomic E-state index is 12.6. The summed E-state index contributed by atoms with van der Waals surface area (Å²) in [7, 11) is -0.614. The van der Waals surface area contributed by atoms with Crippen LogP contribution in [0.4, 0.5) is 0 Å². The molecule has 0 fully saturated rings. The molecule has 2 rings (SSSR count). The van der Waals surface area contributed by atoms with Gasteiger partial charge in [0.25, 0.3) is 5.91 Å². The van der Waals surface area contributed by atoms with Gasteiger partial charge in [-0.25, -0.2) is 8.42 Å². The van der Waals surface area contributed by atoms with Crippen LogP contribution in [0.25, 0.3) is 0 Å². The molecule has 9 nitrogen and oxygen atoms in total. The van der Waals surface area contributed by atoms with Crippen LogP contribution >= 0.6 is 0 Å². The highest BCUT2D eigenvalue weighted by Gasteiger charge is 2.22. The molecule has 0 unspecified atom stereocenters. The first-order valence-corrected chi connectivity index (χ1v) is 11.6. The van der Waals surface area contributed by atoms with Crippen molar-refractivity contribution >= 4 is 21.8 Å². The Labute approximate surface area is 188 Å². The Hall–Kier alpha value is -3.11. The Morgan fingerprint density at radius 1 is 0.938 bits per heavy atom. The van der Waals surface area contributed by atoms with Crippen molar-refractivity contribution in [2.45, 2.75) is 31.6 Å². The molecule has 2 aromatic carbocycles. The van der Waals surface area contributed by atoms with Gasteiger partial charge in [0, 0.05) is 25.1 Å². The highest BCUT2D eigenvalue weighted by molar-refractivity contribution is 7.89. The van der Waals surface area contributed by atoms with E-state index in [1.165, 1.54) is 35.7 Å². The summed E-state index contributed by atoms with van der Waals surface area (Å²) >= 11 is 0. The normalized spacial score (nSPS) is 11.2. The van der Waals surface area contributed by atoms with Crippen LogP contribution < -0.4 is 20.3 Å². The molecule has 0 aliphatic heterocycles. The van der Waals surface area contributed by atoms with E-state index in [2.05, 4.69) is 10.9 Å². The second-order valence-corrected chi connectivity index (χ2v) is 8.75. The van der Waals surface area contributed by atoms with Crippen LogP contribution in [0, 0.1) is 0 Å². The number of carbonyl (C=O) groups is 2. The Kier molecular flexibility index (Phi) is 9.03. The van der Waals surface area contributed by atoms with E-state index in [0.29, 0.717) is 31.0 Å². The van der Waals surface area contributed by atoms with Crippen molar-refractivity contribution in [3.05, 3.63) is 53.6 Å². The van der Waals surface area contributed by atoms with Crippen LogP contribution in [-0.2, 0) is 21.2 Å². The summed E-state index contributed by atoms with van der Waals surface area (Å²) in [6, 6.07) is 11.1. The number of sulfonamides is 1. The lowest BCUT2D eigenvalue weighted by Crippen LogP contribution is -2.41. The number of rotatable bonds is 10. The van der Waals surface area contributed by atoms with Crippen molar-refractivity contribution in [2.75, 3.05) is 27.3 Å². The summed E-state index contributed by atoms with van der Waals surface area (Å²) in [6.07, 6.45) is 0.561. The molecule has 0 aliphatic carbocycles. The molecular weight excluding hydrogens is 434 g/mol. The maximum Gasteiger partial charge on any atom is 0.269 e. The summed E-state index contributed by atoms with van der Waals surface area (Å²) in [5.41, 5.74) is 5.67. The fourth-order valence-corrected chi connectivity index (χ4v) is 4.57. The van der Waals surface area contributed by atoms with Gasteiger partial charge in [-0.2, -0.15) is 4.31 Å². The summed E-state index contributed by atoms with van der Waals surface area (Å²) in [6.45, 7) is 4.14. The minimum Gasteiger partial charge on any atom is -0.493 e. The summed E-state index contributed by atoms with van der Waals surface area (Å²) in [4.78, 5) is 24.6. The van der Waals surface area contributed by atoms with E-state index in [1.807, 2.05) is 6.07 Å². The van der Waals surface area contributed by atoms with E-state index >= 15 is 0 Å². The van der Waals surface area contributed by atoms with Crippen molar-refractivity contribution in [3.63, 3.8) is 0 Å². The van der Waals surface area contributed by atoms with Crippen molar-refractivity contribution in [1.82, 2.24) is 15.2 Å². The highest BCUT2D eigenvalue weighted by atomic mass is 32.2. The molecule has 0 atom stereocenters. The van der Waals surface area contributed by atoms with E-state index in [-0.39, 0.29) is 22.8 Å². The van der Waals surface area contributed by atoms with Gasteiger partial charge in [-0.15, -0.1) is 0 Å². The van der Waals surface area contributed by atoms with E-state index in [0.717, 1.165) is 5.56 Å². The van der Waals surface area contributed by atoms with Crippen LogP contribution in [-0.4, -0.2) is 51.8 Å². The van der Waals surface area contributed by atoms with Crippen LogP contribution in [0.5, 0.6) is 11.5 Å². The fraction of sp³-hybridized carbons (Fsp3) is 0.364. The number of methoxy groups -OCH3 is 2. The number of aryl methyl sites for hydroxylation is 1. The van der Waals surface area contributed by atoms with Crippen LogP contribution in [0.15, 0.2) is 47.4 Å². The standard InChI is InChI=1S/C22H29N3O6S/c1-5-25(6-2)32(28,29)18-9-7-8-17(15-18)22(27)24-23-21(26)13-11-16-10-12-19(30-3)20(14-16)31-4/h7-10,12,14-15H,5-6,11,13H2,1-4H3,(H,23,26)(H,24,27). The molecule has 32 heavy (non-hydrogen) atoms. The number of amides is 2. The number of ether oxygens (including phenoxy) is 2. The van der Waals surface area contributed by atoms with Gasteiger partial charge >= 0.3 is 0 Å². The Morgan fingerprint density at radius 2 is 1.62 bits per heavy atom. The SMILES string of the molecule is CCN(CC)S(=O)(=O)c1cccc(C(=O)NNC(=O)CCc2ccc(OC)c(OC)c2)c1. The number of hydrazine groups is 1. The topological polar surface area (TPSA) is 114 Å². The van der Waals surface area contributed by atoms with Gasteiger partial charge < -0.3 is 9.47 Å². The van der Waals surface area contributed by atoms with Crippen molar-refractivity contribution in [3.8, 4) is 11.5 Å². The smallest absolute Gasteiger partial charge is 0.269 e. The second-order valence-electron chi connectivity index (χ2n) is 6.81. The fourth-order valence-electron chi connectivity index (χ4n) is 3.07. The average Bonchev–Trinajstić information content (AvgIpc) is 2.81. The van der Waals surface area contributed by atoms with Crippen LogP contribution in [0.3, 0.4) is 0 Å². The third-order valence-corrected chi connectivity index (χ3v) is 6.89. The molecule has 2 amide bonds. The van der Waals surface area contributed by atoms with E-state index < -0.39 is 15.9 Å². The van der Waals surface area contributed by atoms with Gasteiger partial charge in [0.1, 0.15) is 0 Å². The minimum atomic E-state index is -3.69. The minimum absolute atomic E-state index is 0.0219. The van der Waals surface area contributed by atoms with Crippen LogP contribution in [0.2, 0.25) is 0 Å². The molecule has 0 heterocycles. The van der Waals surface area contributed by atoms with Gasteiger partial charge in [0.05, 0.1) is 19.1 Å². The summed E-state index contributed by atoms with van der Waals surface area (Å²) in [5.74, 6) is 0.164. The molecular formula is C22H29N3O6S. The lowest BCUT2D eigenvalue weighted by molar-refractivity contribution is -0.121. The largest absolute Gasteiger partial charge is 0.493 e. The third kappa shape index (κ3) is 6.21. The lowest BCUT2D eigenvalue weighted by Gasteiger charge is -2.18. The van der Waals surface area contributed by atoms with Gasteiger partial charge in [-0.3, -0.25) is 20.4 Å². The molecule has 0 bridgehead atoms. The monoisotopic (exact) mass is 463 g/mol. The molecule has 0 aromatic heterocycles. The van der Waals surface area contributed by atoms with E-state index in [4.69, 9.17) is 9.47 Å². The lowest BCUT2D eigenvalue weighted by atomic mass is 10.1. The molecule has 2 aromatic rings. The molecule has 0 radical (unpaired) electrons. The second kappa shape index (κ2) is 11.5. The zero-order chi connectivity index (χ0) is 23.7. The molecule has 0 spiro atoms. The number of carbonyl (C=O) groups excluding carboxylic acids is 2. The van der Waals surface area contributed by atoms with Gasteiger partial charge in [-0.05, 0) is 42.3 Å². The molecule has 2 N–H and O–H groups in total. The first kappa shape index (κ1) is 25.2. The van der Waals surface area contributed by atoms with Crippen molar-refractivity contribution in [2.24, 2.45) is 0 Å². The Morgan fingerprint density at radius 3 is 2.25 bits per heavy atom. The maximum atomic E-state index is 12.6. The van der Waals surface area contributed by atoms with Gasteiger partial charge in [0.2, 0.25) is 15.9 Å². The highest BCUT2D eigenvalue weighted by Crippen LogP contribution is 2.27. The first-order chi connectivity index (χ1) is 15.3. The Bertz CT molecular complexity index is 1050. The quantitative estimate of drug-likeness (QED) is 0.522. The Balaban J connectivity index is 1.96. The van der Waals surface area contributed by atoms with Crippen LogP contribution in [0.1, 0.15) is 36.2 Å². The summed E-state index contributed by atoms with van der Waals surface area (Å²) < 4.78 is 37.0. The number of hydrogen-bond donors (Lipinski definition) is 2. The van der Waals surface area contributed by atoms with Crippen molar-refractivity contribution < 1.29 is 27.5 Å². The third-order valence-electron chi connectivity index (χ3n) is 4.84. The molecule has 0 aliphatic rings.